The SMILES string of the molecule is CCNc1nc(-n2nc(CC)cc2CC)c2ccsc2n1. The van der Waals surface area contributed by atoms with Crippen LogP contribution in [0.3, 0.4) is 0 Å². The largest absolute Gasteiger partial charge is 0.354 e. The van der Waals surface area contributed by atoms with Crippen molar-refractivity contribution >= 4 is 27.5 Å². The fourth-order valence-electron chi connectivity index (χ4n) is 2.32. The second kappa shape index (κ2) is 5.81. The number of hydrogen-bond acceptors (Lipinski definition) is 5. The molecule has 0 bridgehead atoms. The minimum absolute atomic E-state index is 0.665. The summed E-state index contributed by atoms with van der Waals surface area (Å²) in [6.45, 7) is 7.11. The van der Waals surface area contributed by atoms with E-state index >= 15 is 0 Å². The lowest BCUT2D eigenvalue weighted by atomic mass is 10.2. The molecular formula is C15H19N5S. The molecule has 1 N–H and O–H groups in total. The predicted molar refractivity (Wildman–Crippen MR) is 87.5 cm³/mol. The first-order valence-corrected chi connectivity index (χ1v) is 8.22. The summed E-state index contributed by atoms with van der Waals surface area (Å²) in [7, 11) is 0. The van der Waals surface area contributed by atoms with Crippen molar-refractivity contribution in [3.05, 3.63) is 28.9 Å². The van der Waals surface area contributed by atoms with Gasteiger partial charge in [-0.25, -0.2) is 9.67 Å². The lowest BCUT2D eigenvalue weighted by Crippen LogP contribution is -2.09. The van der Waals surface area contributed by atoms with E-state index in [0.717, 1.165) is 41.1 Å². The van der Waals surface area contributed by atoms with E-state index < -0.39 is 0 Å². The van der Waals surface area contributed by atoms with E-state index in [1.54, 1.807) is 11.3 Å². The predicted octanol–water partition coefficient (Wildman–Crippen LogP) is 3.43. The molecule has 0 saturated heterocycles. The summed E-state index contributed by atoms with van der Waals surface area (Å²) in [5.41, 5.74) is 2.28. The van der Waals surface area contributed by atoms with Gasteiger partial charge in [-0.15, -0.1) is 11.3 Å². The van der Waals surface area contributed by atoms with E-state index in [-0.39, 0.29) is 0 Å². The van der Waals surface area contributed by atoms with Gasteiger partial charge in [-0.3, -0.25) is 0 Å². The Balaban J connectivity index is 2.22. The lowest BCUT2D eigenvalue weighted by molar-refractivity contribution is 0.777. The zero-order valence-corrected chi connectivity index (χ0v) is 13.4. The zero-order chi connectivity index (χ0) is 14.8. The molecule has 3 aromatic rings. The van der Waals surface area contributed by atoms with Crippen LogP contribution in [-0.2, 0) is 12.8 Å². The van der Waals surface area contributed by atoms with Crippen LogP contribution in [0.4, 0.5) is 5.95 Å². The molecule has 0 fully saturated rings. The van der Waals surface area contributed by atoms with Crippen molar-refractivity contribution in [3.8, 4) is 5.82 Å². The molecule has 0 radical (unpaired) electrons. The van der Waals surface area contributed by atoms with Crippen LogP contribution in [0, 0.1) is 0 Å². The van der Waals surface area contributed by atoms with Crippen molar-refractivity contribution in [2.45, 2.75) is 33.6 Å². The maximum absolute atomic E-state index is 4.70. The molecule has 0 aliphatic carbocycles. The minimum atomic E-state index is 0.665. The number of fused-ring (bicyclic) bond motifs is 1. The summed E-state index contributed by atoms with van der Waals surface area (Å²) < 4.78 is 1.97. The van der Waals surface area contributed by atoms with Crippen molar-refractivity contribution in [2.75, 3.05) is 11.9 Å². The van der Waals surface area contributed by atoms with Crippen LogP contribution < -0.4 is 5.32 Å². The Labute approximate surface area is 128 Å². The van der Waals surface area contributed by atoms with Gasteiger partial charge in [-0.2, -0.15) is 10.1 Å². The minimum Gasteiger partial charge on any atom is -0.354 e. The molecule has 0 spiro atoms. The number of aryl methyl sites for hydroxylation is 2. The summed E-state index contributed by atoms with van der Waals surface area (Å²) in [5, 5.41) is 11.0. The molecule has 0 saturated carbocycles. The molecule has 5 nitrogen and oxygen atoms in total. The molecule has 0 aliphatic rings. The zero-order valence-electron chi connectivity index (χ0n) is 12.6. The number of thiophene rings is 1. The first-order chi connectivity index (χ1) is 10.3. The molecule has 3 rings (SSSR count). The van der Waals surface area contributed by atoms with Crippen molar-refractivity contribution in [3.63, 3.8) is 0 Å². The summed E-state index contributed by atoms with van der Waals surface area (Å²) in [5.74, 6) is 1.53. The number of nitrogens with zero attached hydrogens (tertiary/aromatic N) is 4. The smallest absolute Gasteiger partial charge is 0.226 e. The van der Waals surface area contributed by atoms with Gasteiger partial charge in [0.05, 0.1) is 11.1 Å². The van der Waals surface area contributed by atoms with Crippen LogP contribution in [-0.4, -0.2) is 26.3 Å². The Morgan fingerprint density at radius 1 is 1.19 bits per heavy atom. The Hall–Kier alpha value is -1.95. The van der Waals surface area contributed by atoms with Gasteiger partial charge in [0, 0.05) is 12.2 Å². The number of rotatable bonds is 5. The van der Waals surface area contributed by atoms with E-state index in [2.05, 4.69) is 46.6 Å². The van der Waals surface area contributed by atoms with Crippen molar-refractivity contribution in [1.29, 1.82) is 0 Å². The van der Waals surface area contributed by atoms with Crippen molar-refractivity contribution in [1.82, 2.24) is 19.7 Å². The molecule has 0 amide bonds. The second-order valence-electron chi connectivity index (χ2n) is 4.79. The number of anilines is 1. The summed E-state index contributed by atoms with van der Waals surface area (Å²) >= 11 is 1.63. The monoisotopic (exact) mass is 301 g/mol. The van der Waals surface area contributed by atoms with Gasteiger partial charge in [-0.05, 0) is 37.3 Å². The number of nitrogens with one attached hydrogen (secondary N) is 1. The van der Waals surface area contributed by atoms with E-state index in [1.165, 1.54) is 5.69 Å². The fraction of sp³-hybridized carbons (Fsp3) is 0.400. The van der Waals surface area contributed by atoms with Crippen LogP contribution in [0.15, 0.2) is 17.5 Å². The quantitative estimate of drug-likeness (QED) is 0.784. The summed E-state index contributed by atoms with van der Waals surface area (Å²) in [6.07, 6.45) is 1.86. The Morgan fingerprint density at radius 2 is 2.05 bits per heavy atom. The highest BCUT2D eigenvalue weighted by atomic mass is 32.1. The number of hydrogen-bond donors (Lipinski definition) is 1. The highest BCUT2D eigenvalue weighted by Gasteiger charge is 2.14. The van der Waals surface area contributed by atoms with E-state index in [4.69, 9.17) is 5.10 Å². The van der Waals surface area contributed by atoms with Gasteiger partial charge in [-0.1, -0.05) is 13.8 Å². The van der Waals surface area contributed by atoms with Gasteiger partial charge in [0.1, 0.15) is 4.83 Å². The Bertz CT molecular complexity index is 759. The summed E-state index contributed by atoms with van der Waals surface area (Å²) in [6, 6.07) is 4.23. The first-order valence-electron chi connectivity index (χ1n) is 7.34. The first kappa shape index (κ1) is 14.0. The third-order valence-electron chi connectivity index (χ3n) is 3.40. The van der Waals surface area contributed by atoms with Gasteiger partial charge >= 0.3 is 0 Å². The Kier molecular flexibility index (Phi) is 3.88. The van der Waals surface area contributed by atoms with Crippen LogP contribution in [0.1, 0.15) is 32.2 Å². The topological polar surface area (TPSA) is 55.6 Å². The van der Waals surface area contributed by atoms with E-state index in [0.29, 0.717) is 5.95 Å². The molecule has 0 aromatic carbocycles. The molecule has 0 atom stereocenters. The van der Waals surface area contributed by atoms with E-state index in [1.807, 2.05) is 11.6 Å². The van der Waals surface area contributed by atoms with E-state index in [9.17, 15) is 0 Å². The maximum atomic E-state index is 4.70. The van der Waals surface area contributed by atoms with Crippen LogP contribution >= 0.6 is 11.3 Å². The third-order valence-corrected chi connectivity index (χ3v) is 4.21. The molecule has 0 unspecified atom stereocenters. The highest BCUT2D eigenvalue weighted by molar-refractivity contribution is 7.16. The molecule has 3 aromatic heterocycles. The fourth-order valence-corrected chi connectivity index (χ4v) is 3.08. The lowest BCUT2D eigenvalue weighted by Gasteiger charge is -2.09. The second-order valence-corrected chi connectivity index (χ2v) is 5.68. The van der Waals surface area contributed by atoms with Crippen LogP contribution in [0.25, 0.3) is 16.0 Å². The maximum Gasteiger partial charge on any atom is 0.226 e. The molecule has 110 valence electrons. The molecule has 3 heterocycles. The van der Waals surface area contributed by atoms with Gasteiger partial charge in [0.2, 0.25) is 5.95 Å². The highest BCUT2D eigenvalue weighted by Crippen LogP contribution is 2.26. The standard InChI is InChI=1S/C15H19N5S/c1-4-10-9-11(5-2)20(19-10)13-12-7-8-21-14(12)18-15(17-13)16-6-3/h7-9H,4-6H2,1-3H3,(H,16,17,18). The average molecular weight is 301 g/mol. The van der Waals surface area contributed by atoms with Crippen LogP contribution in [0.5, 0.6) is 0 Å². The summed E-state index contributed by atoms with van der Waals surface area (Å²) in [4.78, 5) is 10.2. The molecule has 21 heavy (non-hydrogen) atoms. The number of aromatic nitrogens is 4. The molecular weight excluding hydrogens is 282 g/mol. The normalized spacial score (nSPS) is 11.2. The van der Waals surface area contributed by atoms with Crippen LogP contribution in [0.2, 0.25) is 0 Å². The average Bonchev–Trinajstić information content (AvgIpc) is 3.12. The third kappa shape index (κ3) is 2.51. The van der Waals surface area contributed by atoms with Crippen molar-refractivity contribution < 1.29 is 0 Å². The molecule has 6 heteroatoms. The van der Waals surface area contributed by atoms with Gasteiger partial charge in [0.25, 0.3) is 0 Å². The van der Waals surface area contributed by atoms with Crippen molar-refractivity contribution in [2.24, 2.45) is 0 Å². The Morgan fingerprint density at radius 3 is 2.76 bits per heavy atom. The molecule has 0 aliphatic heterocycles. The van der Waals surface area contributed by atoms with Gasteiger partial charge < -0.3 is 5.32 Å². The van der Waals surface area contributed by atoms with Gasteiger partial charge in [0.15, 0.2) is 5.82 Å².